The number of carbonyl (C=O) groups is 3. The number of thiophene rings is 1. The molecule has 2 amide bonds. The van der Waals surface area contributed by atoms with Crippen molar-refractivity contribution in [2.75, 3.05) is 30.0 Å². The Bertz CT molecular complexity index is 848. The molecule has 0 bridgehead atoms. The van der Waals surface area contributed by atoms with Gasteiger partial charge in [-0.05, 0) is 36.9 Å². The number of amides is 2. The van der Waals surface area contributed by atoms with E-state index in [0.717, 1.165) is 12.1 Å². The second kappa shape index (κ2) is 8.68. The van der Waals surface area contributed by atoms with Crippen LogP contribution < -0.4 is 15.0 Å². The summed E-state index contributed by atoms with van der Waals surface area (Å²) in [4.78, 5) is 37.6. The standard InChI is InChI=1S/C19H20N2O5S/c1-2-25-19(24)15-8-10-27-18(15)20-16(22)12-26-14-6-3-5-13(11-14)21-9-4-7-17(21)23/h3,5-6,8,10-11H,2,4,7,9,12H2,1H3,(H,20,22). The Balaban J connectivity index is 1.58. The largest absolute Gasteiger partial charge is 0.484 e. The Morgan fingerprint density at radius 1 is 1.30 bits per heavy atom. The molecule has 2 aromatic rings. The fourth-order valence-corrected chi connectivity index (χ4v) is 3.54. The van der Waals surface area contributed by atoms with Crippen LogP contribution in [-0.2, 0) is 14.3 Å². The maximum absolute atomic E-state index is 12.2. The Labute approximate surface area is 160 Å². The fraction of sp³-hybridized carbons (Fsp3) is 0.316. The smallest absolute Gasteiger partial charge is 0.341 e. The van der Waals surface area contributed by atoms with Gasteiger partial charge in [-0.15, -0.1) is 11.3 Å². The van der Waals surface area contributed by atoms with Crippen LogP contribution in [0.1, 0.15) is 30.1 Å². The molecule has 7 nitrogen and oxygen atoms in total. The van der Waals surface area contributed by atoms with Crippen LogP contribution >= 0.6 is 11.3 Å². The van der Waals surface area contributed by atoms with Gasteiger partial charge in [0, 0.05) is 24.7 Å². The number of hydrogen-bond donors (Lipinski definition) is 1. The van der Waals surface area contributed by atoms with Gasteiger partial charge in [0.1, 0.15) is 10.8 Å². The molecule has 1 N–H and O–H groups in total. The van der Waals surface area contributed by atoms with Crippen molar-refractivity contribution in [1.29, 1.82) is 0 Å². The number of ether oxygens (including phenoxy) is 2. The van der Waals surface area contributed by atoms with Crippen LogP contribution in [-0.4, -0.2) is 37.5 Å². The number of nitrogens with one attached hydrogen (secondary N) is 1. The van der Waals surface area contributed by atoms with E-state index in [1.807, 2.05) is 6.07 Å². The van der Waals surface area contributed by atoms with Gasteiger partial charge in [-0.1, -0.05) is 6.07 Å². The second-order valence-corrected chi connectivity index (χ2v) is 6.78. The van der Waals surface area contributed by atoms with Gasteiger partial charge in [0.2, 0.25) is 5.91 Å². The lowest BCUT2D eigenvalue weighted by Crippen LogP contribution is -2.24. The average Bonchev–Trinajstić information content (AvgIpc) is 3.29. The van der Waals surface area contributed by atoms with Gasteiger partial charge in [-0.3, -0.25) is 9.59 Å². The van der Waals surface area contributed by atoms with Crippen molar-refractivity contribution in [2.24, 2.45) is 0 Å². The zero-order valence-electron chi connectivity index (χ0n) is 14.9. The summed E-state index contributed by atoms with van der Waals surface area (Å²) in [6.07, 6.45) is 1.40. The van der Waals surface area contributed by atoms with Crippen molar-refractivity contribution in [3.8, 4) is 5.75 Å². The molecule has 3 rings (SSSR count). The molecule has 1 aliphatic heterocycles. The summed E-state index contributed by atoms with van der Waals surface area (Å²) in [6.45, 7) is 2.47. The Hall–Kier alpha value is -2.87. The van der Waals surface area contributed by atoms with E-state index in [4.69, 9.17) is 9.47 Å². The first kappa shape index (κ1) is 18.9. The molecular formula is C19H20N2O5S. The van der Waals surface area contributed by atoms with Crippen molar-refractivity contribution in [3.63, 3.8) is 0 Å². The number of anilines is 2. The summed E-state index contributed by atoms with van der Waals surface area (Å²) in [5, 5.41) is 4.80. The molecule has 0 atom stereocenters. The molecular weight excluding hydrogens is 368 g/mol. The first-order valence-corrected chi connectivity index (χ1v) is 9.54. The lowest BCUT2D eigenvalue weighted by molar-refractivity contribution is -0.118. The number of rotatable bonds is 7. The van der Waals surface area contributed by atoms with Gasteiger partial charge in [0.15, 0.2) is 6.61 Å². The van der Waals surface area contributed by atoms with Crippen LogP contribution in [0.3, 0.4) is 0 Å². The molecule has 8 heteroatoms. The van der Waals surface area contributed by atoms with E-state index in [0.29, 0.717) is 29.3 Å². The molecule has 1 saturated heterocycles. The monoisotopic (exact) mass is 388 g/mol. The zero-order chi connectivity index (χ0) is 19.2. The summed E-state index contributed by atoms with van der Waals surface area (Å²) in [5.41, 5.74) is 1.09. The lowest BCUT2D eigenvalue weighted by atomic mass is 10.3. The summed E-state index contributed by atoms with van der Waals surface area (Å²) in [6, 6.07) is 8.70. The molecule has 0 unspecified atom stereocenters. The van der Waals surface area contributed by atoms with E-state index in [9.17, 15) is 14.4 Å². The van der Waals surface area contributed by atoms with Crippen LogP contribution in [0.25, 0.3) is 0 Å². The highest BCUT2D eigenvalue weighted by molar-refractivity contribution is 7.14. The highest BCUT2D eigenvalue weighted by Gasteiger charge is 2.22. The van der Waals surface area contributed by atoms with E-state index in [2.05, 4.69) is 5.32 Å². The Morgan fingerprint density at radius 3 is 2.89 bits per heavy atom. The maximum Gasteiger partial charge on any atom is 0.341 e. The third-order valence-electron chi connectivity index (χ3n) is 3.99. The number of carbonyl (C=O) groups excluding carboxylic acids is 3. The summed E-state index contributed by atoms with van der Waals surface area (Å²) in [7, 11) is 0. The zero-order valence-corrected chi connectivity index (χ0v) is 15.7. The predicted molar refractivity (Wildman–Crippen MR) is 102 cm³/mol. The molecule has 27 heavy (non-hydrogen) atoms. The van der Waals surface area contributed by atoms with Crippen molar-refractivity contribution in [2.45, 2.75) is 19.8 Å². The van der Waals surface area contributed by atoms with E-state index in [-0.39, 0.29) is 25.0 Å². The van der Waals surface area contributed by atoms with E-state index < -0.39 is 5.97 Å². The number of esters is 1. The first-order valence-electron chi connectivity index (χ1n) is 8.66. The summed E-state index contributed by atoms with van der Waals surface area (Å²) < 4.78 is 10.5. The molecule has 1 fully saturated rings. The number of hydrogen-bond acceptors (Lipinski definition) is 6. The molecule has 142 valence electrons. The minimum Gasteiger partial charge on any atom is -0.484 e. The molecule has 0 aliphatic carbocycles. The quantitative estimate of drug-likeness (QED) is 0.737. The van der Waals surface area contributed by atoms with E-state index in [1.165, 1.54) is 11.3 Å². The normalized spacial score (nSPS) is 13.5. The van der Waals surface area contributed by atoms with Crippen LogP contribution in [0.5, 0.6) is 5.75 Å². The topological polar surface area (TPSA) is 84.9 Å². The highest BCUT2D eigenvalue weighted by Crippen LogP contribution is 2.26. The van der Waals surface area contributed by atoms with Crippen LogP contribution in [0.15, 0.2) is 35.7 Å². The van der Waals surface area contributed by atoms with Crippen molar-refractivity contribution >= 4 is 39.8 Å². The van der Waals surface area contributed by atoms with Gasteiger partial charge in [-0.25, -0.2) is 4.79 Å². The minimum absolute atomic E-state index is 0.0917. The van der Waals surface area contributed by atoms with Crippen LogP contribution in [0, 0.1) is 0 Å². The van der Waals surface area contributed by atoms with Gasteiger partial charge < -0.3 is 19.7 Å². The number of nitrogens with zero attached hydrogens (tertiary/aromatic N) is 1. The Morgan fingerprint density at radius 2 is 2.15 bits per heavy atom. The molecule has 1 aliphatic rings. The molecule has 2 heterocycles. The van der Waals surface area contributed by atoms with Crippen LogP contribution in [0.4, 0.5) is 10.7 Å². The van der Waals surface area contributed by atoms with Crippen molar-refractivity contribution < 1.29 is 23.9 Å². The third-order valence-corrected chi connectivity index (χ3v) is 4.82. The Kier molecular flexibility index (Phi) is 6.08. The molecule has 1 aromatic carbocycles. The van der Waals surface area contributed by atoms with Gasteiger partial charge in [0.05, 0.1) is 12.2 Å². The molecule has 0 spiro atoms. The summed E-state index contributed by atoms with van der Waals surface area (Å²) in [5.74, 6) is -0.267. The van der Waals surface area contributed by atoms with E-state index in [1.54, 1.807) is 41.5 Å². The van der Waals surface area contributed by atoms with Gasteiger partial charge >= 0.3 is 5.97 Å². The first-order chi connectivity index (χ1) is 13.1. The summed E-state index contributed by atoms with van der Waals surface area (Å²) >= 11 is 1.24. The highest BCUT2D eigenvalue weighted by atomic mass is 32.1. The predicted octanol–water partition coefficient (Wildman–Crippen LogP) is 3.07. The van der Waals surface area contributed by atoms with Crippen LogP contribution in [0.2, 0.25) is 0 Å². The van der Waals surface area contributed by atoms with Gasteiger partial charge in [0.25, 0.3) is 5.91 Å². The molecule has 0 saturated carbocycles. The minimum atomic E-state index is -0.474. The average molecular weight is 388 g/mol. The number of benzene rings is 1. The van der Waals surface area contributed by atoms with E-state index >= 15 is 0 Å². The SMILES string of the molecule is CCOC(=O)c1ccsc1NC(=O)COc1cccc(N2CCCC2=O)c1. The molecule has 1 aromatic heterocycles. The second-order valence-electron chi connectivity index (χ2n) is 5.87. The molecule has 0 radical (unpaired) electrons. The fourth-order valence-electron chi connectivity index (χ4n) is 2.75. The third kappa shape index (κ3) is 4.65. The van der Waals surface area contributed by atoms with Crippen molar-refractivity contribution in [3.05, 3.63) is 41.3 Å². The maximum atomic E-state index is 12.2. The van der Waals surface area contributed by atoms with Crippen molar-refractivity contribution in [1.82, 2.24) is 0 Å². The lowest BCUT2D eigenvalue weighted by Gasteiger charge is -2.16. The van der Waals surface area contributed by atoms with Gasteiger partial charge in [-0.2, -0.15) is 0 Å².